The fraction of sp³-hybridized carbons (Fsp3) is 0.533. The van der Waals surface area contributed by atoms with E-state index in [1.807, 2.05) is 6.07 Å². The molecule has 2 rings (SSSR count). The standard InChI is InChI=1S/C15H20O3/c16-10-14(15(17)18)9-11-6-7-13(8-11)12-4-2-1-3-5-12/h1-5,11,13-14,16H,6-10H2,(H,17,18). The van der Waals surface area contributed by atoms with Crippen LogP contribution in [0.15, 0.2) is 30.3 Å². The Labute approximate surface area is 107 Å². The Morgan fingerprint density at radius 1 is 1.28 bits per heavy atom. The predicted molar refractivity (Wildman–Crippen MR) is 69.4 cm³/mol. The van der Waals surface area contributed by atoms with Gasteiger partial charge in [-0.25, -0.2) is 0 Å². The van der Waals surface area contributed by atoms with Crippen LogP contribution in [0.1, 0.15) is 37.2 Å². The van der Waals surface area contributed by atoms with Crippen molar-refractivity contribution in [1.82, 2.24) is 0 Å². The zero-order chi connectivity index (χ0) is 13.0. The number of aliphatic hydroxyl groups excluding tert-OH is 1. The molecule has 98 valence electrons. The Morgan fingerprint density at radius 3 is 2.61 bits per heavy atom. The molecule has 3 unspecified atom stereocenters. The van der Waals surface area contributed by atoms with Gasteiger partial charge in [0.1, 0.15) is 0 Å². The van der Waals surface area contributed by atoms with Crippen molar-refractivity contribution in [2.45, 2.75) is 31.6 Å². The number of benzene rings is 1. The quantitative estimate of drug-likeness (QED) is 0.842. The number of aliphatic carboxylic acids is 1. The van der Waals surface area contributed by atoms with Crippen LogP contribution in [0.3, 0.4) is 0 Å². The van der Waals surface area contributed by atoms with Crippen LogP contribution in [-0.4, -0.2) is 22.8 Å². The summed E-state index contributed by atoms with van der Waals surface area (Å²) in [5.74, 6) is -0.474. The molecule has 0 bridgehead atoms. The highest BCUT2D eigenvalue weighted by atomic mass is 16.4. The topological polar surface area (TPSA) is 57.5 Å². The van der Waals surface area contributed by atoms with Gasteiger partial charge in [-0.1, -0.05) is 30.3 Å². The van der Waals surface area contributed by atoms with Gasteiger partial charge in [0.2, 0.25) is 0 Å². The van der Waals surface area contributed by atoms with E-state index >= 15 is 0 Å². The number of hydrogen-bond acceptors (Lipinski definition) is 2. The lowest BCUT2D eigenvalue weighted by molar-refractivity contribution is -0.143. The number of carboxylic acid groups (broad SMARTS) is 1. The monoisotopic (exact) mass is 248 g/mol. The van der Waals surface area contributed by atoms with Gasteiger partial charge in [0, 0.05) is 0 Å². The molecule has 1 aliphatic carbocycles. The van der Waals surface area contributed by atoms with Gasteiger partial charge in [-0.15, -0.1) is 0 Å². The van der Waals surface area contributed by atoms with Crippen molar-refractivity contribution in [2.24, 2.45) is 11.8 Å². The minimum absolute atomic E-state index is 0.248. The van der Waals surface area contributed by atoms with Crippen LogP contribution in [0.2, 0.25) is 0 Å². The normalized spacial score (nSPS) is 24.9. The Kier molecular flexibility index (Phi) is 4.37. The van der Waals surface area contributed by atoms with Gasteiger partial charge in [-0.3, -0.25) is 4.79 Å². The van der Waals surface area contributed by atoms with Crippen LogP contribution in [0.4, 0.5) is 0 Å². The summed E-state index contributed by atoms with van der Waals surface area (Å²) in [5, 5.41) is 18.0. The largest absolute Gasteiger partial charge is 0.481 e. The van der Waals surface area contributed by atoms with Gasteiger partial charge in [-0.2, -0.15) is 0 Å². The van der Waals surface area contributed by atoms with E-state index in [1.54, 1.807) is 0 Å². The Balaban J connectivity index is 1.91. The number of carbonyl (C=O) groups is 1. The van der Waals surface area contributed by atoms with Crippen molar-refractivity contribution < 1.29 is 15.0 Å². The molecular formula is C15H20O3. The van der Waals surface area contributed by atoms with Gasteiger partial charge in [-0.05, 0) is 43.1 Å². The fourth-order valence-corrected chi connectivity index (χ4v) is 2.97. The second-order valence-corrected chi connectivity index (χ2v) is 5.24. The van der Waals surface area contributed by atoms with Gasteiger partial charge >= 0.3 is 5.97 Å². The first kappa shape index (κ1) is 13.1. The first-order chi connectivity index (χ1) is 8.70. The molecule has 1 aliphatic rings. The highest BCUT2D eigenvalue weighted by molar-refractivity contribution is 5.70. The molecular weight excluding hydrogens is 228 g/mol. The molecule has 1 aromatic rings. The van der Waals surface area contributed by atoms with Crippen LogP contribution in [0, 0.1) is 11.8 Å². The maximum atomic E-state index is 10.9. The minimum atomic E-state index is -0.874. The first-order valence-corrected chi connectivity index (χ1v) is 6.59. The van der Waals surface area contributed by atoms with E-state index in [-0.39, 0.29) is 6.61 Å². The Hall–Kier alpha value is -1.35. The summed E-state index contributed by atoms with van der Waals surface area (Å²) >= 11 is 0. The van der Waals surface area contributed by atoms with E-state index in [9.17, 15) is 4.79 Å². The average Bonchev–Trinajstić information content (AvgIpc) is 2.85. The van der Waals surface area contributed by atoms with Crippen LogP contribution in [0.25, 0.3) is 0 Å². The third kappa shape index (κ3) is 3.10. The summed E-state index contributed by atoms with van der Waals surface area (Å²) in [5.41, 5.74) is 1.36. The molecule has 0 aliphatic heterocycles. The summed E-state index contributed by atoms with van der Waals surface area (Å²) in [7, 11) is 0. The smallest absolute Gasteiger partial charge is 0.308 e. The van der Waals surface area contributed by atoms with Crippen molar-refractivity contribution in [3.8, 4) is 0 Å². The molecule has 1 saturated carbocycles. The minimum Gasteiger partial charge on any atom is -0.481 e. The second kappa shape index (κ2) is 6.01. The highest BCUT2D eigenvalue weighted by Crippen LogP contribution is 2.40. The SMILES string of the molecule is O=C(O)C(CO)CC1CCC(c2ccccc2)C1. The summed E-state index contributed by atoms with van der Waals surface area (Å²) in [4.78, 5) is 10.9. The van der Waals surface area contributed by atoms with Crippen molar-refractivity contribution in [3.63, 3.8) is 0 Å². The zero-order valence-corrected chi connectivity index (χ0v) is 10.5. The van der Waals surface area contributed by atoms with E-state index < -0.39 is 11.9 Å². The Morgan fingerprint density at radius 2 is 2.00 bits per heavy atom. The van der Waals surface area contributed by atoms with E-state index in [1.165, 1.54) is 5.56 Å². The highest BCUT2D eigenvalue weighted by Gasteiger charge is 2.29. The third-order valence-electron chi connectivity index (χ3n) is 4.00. The van der Waals surface area contributed by atoms with Crippen molar-refractivity contribution in [2.75, 3.05) is 6.61 Å². The van der Waals surface area contributed by atoms with Crippen molar-refractivity contribution in [1.29, 1.82) is 0 Å². The van der Waals surface area contributed by atoms with Crippen molar-refractivity contribution in [3.05, 3.63) is 35.9 Å². The van der Waals surface area contributed by atoms with Gasteiger partial charge in [0.15, 0.2) is 0 Å². The van der Waals surface area contributed by atoms with E-state index in [2.05, 4.69) is 24.3 Å². The summed E-state index contributed by atoms with van der Waals surface area (Å²) in [6.07, 6.45) is 3.86. The molecule has 0 radical (unpaired) electrons. The predicted octanol–water partition coefficient (Wildman–Crippen LogP) is 2.65. The molecule has 3 nitrogen and oxygen atoms in total. The van der Waals surface area contributed by atoms with E-state index in [4.69, 9.17) is 10.2 Å². The summed E-state index contributed by atoms with van der Waals surface area (Å²) < 4.78 is 0. The Bertz CT molecular complexity index is 388. The lowest BCUT2D eigenvalue weighted by Crippen LogP contribution is -2.20. The van der Waals surface area contributed by atoms with E-state index in [0.717, 1.165) is 19.3 Å². The molecule has 0 amide bonds. The number of rotatable bonds is 5. The molecule has 0 saturated heterocycles. The third-order valence-corrected chi connectivity index (χ3v) is 4.00. The van der Waals surface area contributed by atoms with E-state index in [0.29, 0.717) is 18.3 Å². The number of hydrogen-bond donors (Lipinski definition) is 2. The van der Waals surface area contributed by atoms with Crippen LogP contribution in [-0.2, 0) is 4.79 Å². The van der Waals surface area contributed by atoms with Crippen LogP contribution < -0.4 is 0 Å². The van der Waals surface area contributed by atoms with Gasteiger partial charge < -0.3 is 10.2 Å². The van der Waals surface area contributed by atoms with Crippen molar-refractivity contribution >= 4 is 5.97 Å². The number of aliphatic hydroxyl groups is 1. The molecule has 0 aromatic heterocycles. The molecule has 18 heavy (non-hydrogen) atoms. The lowest BCUT2D eigenvalue weighted by Gasteiger charge is -2.15. The maximum absolute atomic E-state index is 10.9. The molecule has 3 heteroatoms. The number of carboxylic acids is 1. The maximum Gasteiger partial charge on any atom is 0.308 e. The lowest BCUT2D eigenvalue weighted by atomic mass is 9.91. The molecule has 0 heterocycles. The van der Waals surface area contributed by atoms with Gasteiger partial charge in [0.25, 0.3) is 0 Å². The first-order valence-electron chi connectivity index (χ1n) is 6.59. The molecule has 1 fully saturated rings. The molecule has 0 spiro atoms. The fourth-order valence-electron chi connectivity index (χ4n) is 2.97. The van der Waals surface area contributed by atoms with Crippen LogP contribution >= 0.6 is 0 Å². The molecule has 1 aromatic carbocycles. The second-order valence-electron chi connectivity index (χ2n) is 5.24. The average molecular weight is 248 g/mol. The molecule has 3 atom stereocenters. The zero-order valence-electron chi connectivity index (χ0n) is 10.5. The summed E-state index contributed by atoms with van der Waals surface area (Å²) in [6, 6.07) is 10.4. The molecule has 2 N–H and O–H groups in total. The van der Waals surface area contributed by atoms with Crippen LogP contribution in [0.5, 0.6) is 0 Å². The summed E-state index contributed by atoms with van der Waals surface area (Å²) in [6.45, 7) is -0.248. The van der Waals surface area contributed by atoms with Gasteiger partial charge in [0.05, 0.1) is 12.5 Å².